The van der Waals surface area contributed by atoms with Gasteiger partial charge in [-0.3, -0.25) is 9.69 Å². The van der Waals surface area contributed by atoms with Crippen molar-refractivity contribution in [1.29, 1.82) is 0 Å². The van der Waals surface area contributed by atoms with E-state index in [2.05, 4.69) is 26.0 Å². The molecule has 0 aliphatic carbocycles. The van der Waals surface area contributed by atoms with Crippen LogP contribution in [-0.4, -0.2) is 38.1 Å². The lowest BCUT2D eigenvalue weighted by atomic mass is 10.2. The Morgan fingerprint density at radius 1 is 1.22 bits per heavy atom. The van der Waals surface area contributed by atoms with Crippen molar-refractivity contribution in [2.24, 2.45) is 0 Å². The zero-order valence-corrected chi connectivity index (χ0v) is 16.8. The number of benzene rings is 2. The molecule has 0 aliphatic heterocycles. The fourth-order valence-electron chi connectivity index (χ4n) is 2.53. The molecule has 0 unspecified atom stereocenters. The molecule has 0 saturated carbocycles. The first-order valence-electron chi connectivity index (χ1n) is 8.14. The second-order valence-electron chi connectivity index (χ2n) is 6.07. The molecule has 0 aromatic heterocycles. The summed E-state index contributed by atoms with van der Waals surface area (Å²) < 4.78 is 35.1. The van der Waals surface area contributed by atoms with Crippen LogP contribution in [0.5, 0.6) is 11.5 Å². The third-order valence-electron chi connectivity index (χ3n) is 3.71. The molecule has 27 heavy (non-hydrogen) atoms. The molecule has 0 aliphatic rings. The monoisotopic (exact) mass is 442 g/mol. The van der Waals surface area contributed by atoms with E-state index in [0.29, 0.717) is 12.2 Å². The lowest BCUT2D eigenvalue weighted by Gasteiger charge is -2.18. The number of alkyl halides is 2. The van der Waals surface area contributed by atoms with Crippen LogP contribution in [0.3, 0.4) is 0 Å². The number of nitrogens with zero attached hydrogens (tertiary/aromatic N) is 1. The Morgan fingerprint density at radius 2 is 1.96 bits per heavy atom. The molecule has 0 atom stereocenters. The summed E-state index contributed by atoms with van der Waals surface area (Å²) >= 11 is 3.43. The Balaban J connectivity index is 1.96. The number of carbonyl (C=O) groups is 1. The Hall–Kier alpha value is -2.19. The summed E-state index contributed by atoms with van der Waals surface area (Å²) in [5.74, 6) is 0.0294. The fourth-order valence-corrected chi connectivity index (χ4v) is 3.12. The van der Waals surface area contributed by atoms with Crippen LogP contribution in [0.4, 0.5) is 14.5 Å². The third kappa shape index (κ3) is 6.48. The first kappa shape index (κ1) is 21.1. The van der Waals surface area contributed by atoms with E-state index in [1.54, 1.807) is 24.1 Å². The van der Waals surface area contributed by atoms with Crippen molar-refractivity contribution in [2.45, 2.75) is 20.1 Å². The molecule has 5 nitrogen and oxygen atoms in total. The molecule has 0 spiro atoms. The van der Waals surface area contributed by atoms with Crippen molar-refractivity contribution >= 4 is 27.5 Å². The highest BCUT2D eigenvalue weighted by Crippen LogP contribution is 2.30. The fraction of sp³-hybridized carbons (Fsp3) is 0.316. The minimum Gasteiger partial charge on any atom is -0.493 e. The zero-order valence-electron chi connectivity index (χ0n) is 15.3. The van der Waals surface area contributed by atoms with E-state index >= 15 is 0 Å². The number of likely N-dealkylation sites (N-methyl/N-ethyl adjacent to an activating group) is 1. The van der Waals surface area contributed by atoms with Crippen LogP contribution in [0.1, 0.15) is 11.1 Å². The van der Waals surface area contributed by atoms with Gasteiger partial charge in [-0.05, 0) is 65.3 Å². The highest BCUT2D eigenvalue weighted by Gasteiger charge is 2.13. The number of halogens is 3. The number of carbonyl (C=O) groups excluding carboxylic acids is 1. The van der Waals surface area contributed by atoms with Crippen LogP contribution >= 0.6 is 15.9 Å². The molecule has 8 heteroatoms. The molecule has 0 heterocycles. The number of hydrogen-bond donors (Lipinski definition) is 1. The van der Waals surface area contributed by atoms with Crippen molar-refractivity contribution in [3.8, 4) is 11.5 Å². The van der Waals surface area contributed by atoms with Crippen molar-refractivity contribution in [3.63, 3.8) is 0 Å². The summed E-state index contributed by atoms with van der Waals surface area (Å²) in [5, 5.41) is 2.85. The van der Waals surface area contributed by atoms with Gasteiger partial charge in [0.1, 0.15) is 0 Å². The molecular formula is C19H21BrF2N2O3. The number of anilines is 1. The molecule has 0 fully saturated rings. The van der Waals surface area contributed by atoms with Crippen LogP contribution < -0.4 is 14.8 Å². The number of rotatable bonds is 8. The van der Waals surface area contributed by atoms with E-state index in [9.17, 15) is 13.6 Å². The Morgan fingerprint density at radius 3 is 2.59 bits per heavy atom. The number of ether oxygens (including phenoxy) is 2. The van der Waals surface area contributed by atoms with E-state index in [1.165, 1.54) is 13.2 Å². The standard InChI is InChI=1S/C19H21BrF2N2O3/c1-12-4-6-15(14(20)8-12)23-18(25)11-24(2)10-13-5-7-16(27-19(21)22)17(9-13)26-3/h4-9,19H,10-11H2,1-3H3,(H,23,25). The minimum atomic E-state index is -2.92. The van der Waals surface area contributed by atoms with Gasteiger partial charge in [0.15, 0.2) is 11.5 Å². The number of aryl methyl sites for hydroxylation is 1. The van der Waals surface area contributed by atoms with Gasteiger partial charge in [0.05, 0.1) is 19.3 Å². The Bertz CT molecular complexity index is 803. The predicted molar refractivity (Wildman–Crippen MR) is 103 cm³/mol. The lowest BCUT2D eigenvalue weighted by Crippen LogP contribution is -2.30. The van der Waals surface area contributed by atoms with Crippen molar-refractivity contribution in [2.75, 3.05) is 26.0 Å². The summed E-state index contributed by atoms with van der Waals surface area (Å²) in [7, 11) is 3.17. The van der Waals surface area contributed by atoms with Crippen LogP contribution in [-0.2, 0) is 11.3 Å². The SMILES string of the molecule is COc1cc(CN(C)CC(=O)Nc2ccc(C)cc2Br)ccc1OC(F)F. The molecule has 0 radical (unpaired) electrons. The number of nitrogens with one attached hydrogen (secondary N) is 1. The maximum absolute atomic E-state index is 12.4. The van der Waals surface area contributed by atoms with Crippen LogP contribution in [0.2, 0.25) is 0 Å². The minimum absolute atomic E-state index is 0.0270. The molecule has 1 amide bonds. The van der Waals surface area contributed by atoms with Gasteiger partial charge in [0.2, 0.25) is 5.91 Å². The number of methoxy groups -OCH3 is 1. The predicted octanol–water partition coefficient (Wildman–Crippen LogP) is 4.44. The van der Waals surface area contributed by atoms with Gasteiger partial charge < -0.3 is 14.8 Å². The molecule has 2 rings (SSSR count). The molecule has 146 valence electrons. The number of hydrogen-bond acceptors (Lipinski definition) is 4. The maximum atomic E-state index is 12.4. The molecule has 2 aromatic rings. The van der Waals surface area contributed by atoms with Crippen molar-refractivity contribution in [3.05, 3.63) is 52.0 Å². The summed E-state index contributed by atoms with van der Waals surface area (Å²) in [6.45, 7) is -0.348. The van der Waals surface area contributed by atoms with Gasteiger partial charge in [-0.15, -0.1) is 0 Å². The van der Waals surface area contributed by atoms with Crippen molar-refractivity contribution in [1.82, 2.24) is 4.90 Å². The maximum Gasteiger partial charge on any atom is 0.387 e. The van der Waals surface area contributed by atoms with Gasteiger partial charge in [0, 0.05) is 11.0 Å². The van der Waals surface area contributed by atoms with E-state index in [1.807, 2.05) is 25.1 Å². The average molecular weight is 443 g/mol. The van der Waals surface area contributed by atoms with Gasteiger partial charge in [0.25, 0.3) is 0 Å². The van der Waals surface area contributed by atoms with Gasteiger partial charge in [-0.1, -0.05) is 12.1 Å². The molecule has 2 aromatic carbocycles. The largest absolute Gasteiger partial charge is 0.493 e. The first-order chi connectivity index (χ1) is 12.8. The average Bonchev–Trinajstić information content (AvgIpc) is 2.58. The second-order valence-corrected chi connectivity index (χ2v) is 6.92. The number of amides is 1. The van der Waals surface area contributed by atoms with E-state index < -0.39 is 6.61 Å². The highest BCUT2D eigenvalue weighted by atomic mass is 79.9. The van der Waals surface area contributed by atoms with Gasteiger partial charge >= 0.3 is 6.61 Å². The second kappa shape index (κ2) is 9.66. The smallest absolute Gasteiger partial charge is 0.387 e. The molecule has 0 bridgehead atoms. The first-order valence-corrected chi connectivity index (χ1v) is 8.94. The zero-order chi connectivity index (χ0) is 20.0. The summed E-state index contributed by atoms with van der Waals surface area (Å²) in [5.41, 5.74) is 2.60. The Labute approximate surface area is 165 Å². The molecular weight excluding hydrogens is 422 g/mol. The molecule has 1 N–H and O–H groups in total. The van der Waals surface area contributed by atoms with E-state index in [4.69, 9.17) is 4.74 Å². The Kier molecular flexibility index (Phi) is 7.55. The quantitative estimate of drug-likeness (QED) is 0.656. The molecule has 0 saturated heterocycles. The van der Waals surface area contributed by atoms with Crippen LogP contribution in [0.25, 0.3) is 0 Å². The van der Waals surface area contributed by atoms with E-state index in [-0.39, 0.29) is 24.0 Å². The lowest BCUT2D eigenvalue weighted by molar-refractivity contribution is -0.117. The van der Waals surface area contributed by atoms with Crippen molar-refractivity contribution < 1.29 is 23.0 Å². The van der Waals surface area contributed by atoms with Gasteiger partial charge in [-0.2, -0.15) is 8.78 Å². The normalized spacial score (nSPS) is 11.0. The summed E-state index contributed by atoms with van der Waals surface area (Å²) in [6, 6.07) is 10.4. The summed E-state index contributed by atoms with van der Waals surface area (Å²) in [4.78, 5) is 14.1. The van der Waals surface area contributed by atoms with Crippen LogP contribution in [0.15, 0.2) is 40.9 Å². The third-order valence-corrected chi connectivity index (χ3v) is 4.36. The summed E-state index contributed by atoms with van der Waals surface area (Å²) in [6.07, 6.45) is 0. The topological polar surface area (TPSA) is 50.8 Å². The van der Waals surface area contributed by atoms with Crippen LogP contribution in [0, 0.1) is 6.92 Å². The highest BCUT2D eigenvalue weighted by molar-refractivity contribution is 9.10. The van der Waals surface area contributed by atoms with E-state index in [0.717, 1.165) is 15.6 Å². The van der Waals surface area contributed by atoms with Gasteiger partial charge in [-0.25, -0.2) is 0 Å².